The van der Waals surface area contributed by atoms with Crippen LogP contribution >= 0.6 is 0 Å². The molecule has 0 fully saturated rings. The van der Waals surface area contributed by atoms with Gasteiger partial charge in [-0.15, -0.1) is 0 Å². The lowest BCUT2D eigenvalue weighted by Crippen LogP contribution is -2.26. The van der Waals surface area contributed by atoms with Crippen LogP contribution in [0, 0.1) is 6.92 Å². The molecule has 0 saturated carbocycles. The maximum atomic E-state index is 12.3. The second-order valence-corrected chi connectivity index (χ2v) is 5.16. The van der Waals surface area contributed by atoms with Crippen LogP contribution in [0.1, 0.15) is 34.7 Å². The third kappa shape index (κ3) is 2.79. The lowest BCUT2D eigenvalue weighted by atomic mass is 10.1. The number of hydrogen-bond acceptors (Lipinski definition) is 2. The molecule has 1 unspecified atom stereocenters. The van der Waals surface area contributed by atoms with Crippen molar-refractivity contribution in [1.29, 1.82) is 0 Å². The quantitative estimate of drug-likeness (QED) is 0.772. The van der Waals surface area contributed by atoms with Crippen LogP contribution in [0.15, 0.2) is 48.5 Å². The number of benzene rings is 2. The highest BCUT2D eigenvalue weighted by Gasteiger charge is 2.12. The SMILES string of the molecule is Cc1nc2ccc(C(=O)NC(C)c3ccccc3)cc2[nH]1. The van der Waals surface area contributed by atoms with E-state index in [4.69, 9.17) is 0 Å². The second kappa shape index (κ2) is 5.40. The number of aryl methyl sites for hydroxylation is 1. The number of imidazole rings is 1. The van der Waals surface area contributed by atoms with Gasteiger partial charge < -0.3 is 10.3 Å². The zero-order chi connectivity index (χ0) is 14.8. The molecular formula is C17H17N3O. The summed E-state index contributed by atoms with van der Waals surface area (Å²) < 4.78 is 0. The van der Waals surface area contributed by atoms with Crippen LogP contribution in [0.5, 0.6) is 0 Å². The average Bonchev–Trinajstić information content (AvgIpc) is 2.87. The molecule has 106 valence electrons. The van der Waals surface area contributed by atoms with E-state index in [0.717, 1.165) is 22.4 Å². The number of H-pyrrole nitrogens is 1. The molecule has 0 bridgehead atoms. The molecule has 21 heavy (non-hydrogen) atoms. The first kappa shape index (κ1) is 13.4. The van der Waals surface area contributed by atoms with Crippen LogP contribution < -0.4 is 5.32 Å². The molecule has 3 rings (SSSR count). The largest absolute Gasteiger partial charge is 0.346 e. The van der Waals surface area contributed by atoms with Gasteiger partial charge in [0.1, 0.15) is 5.82 Å². The van der Waals surface area contributed by atoms with Gasteiger partial charge in [-0.1, -0.05) is 30.3 Å². The van der Waals surface area contributed by atoms with Crippen molar-refractivity contribution in [1.82, 2.24) is 15.3 Å². The Morgan fingerprint density at radius 3 is 2.71 bits per heavy atom. The lowest BCUT2D eigenvalue weighted by molar-refractivity contribution is 0.0940. The molecule has 4 heteroatoms. The summed E-state index contributed by atoms with van der Waals surface area (Å²) >= 11 is 0. The van der Waals surface area contributed by atoms with Gasteiger partial charge in [0, 0.05) is 5.56 Å². The molecule has 0 aliphatic heterocycles. The Morgan fingerprint density at radius 2 is 1.95 bits per heavy atom. The van der Waals surface area contributed by atoms with E-state index in [1.54, 1.807) is 6.07 Å². The van der Waals surface area contributed by atoms with Crippen LogP contribution in [-0.4, -0.2) is 15.9 Å². The number of nitrogens with one attached hydrogen (secondary N) is 2. The molecule has 0 aliphatic rings. The van der Waals surface area contributed by atoms with Crippen LogP contribution in [0.2, 0.25) is 0 Å². The Hall–Kier alpha value is -2.62. The Morgan fingerprint density at radius 1 is 1.19 bits per heavy atom. The molecule has 1 heterocycles. The summed E-state index contributed by atoms with van der Waals surface area (Å²) in [6.45, 7) is 3.88. The van der Waals surface area contributed by atoms with Crippen molar-refractivity contribution in [3.05, 3.63) is 65.5 Å². The van der Waals surface area contributed by atoms with Gasteiger partial charge in [-0.05, 0) is 37.6 Å². The predicted octanol–water partition coefficient (Wildman–Crippen LogP) is 3.36. The predicted molar refractivity (Wildman–Crippen MR) is 83.2 cm³/mol. The summed E-state index contributed by atoms with van der Waals surface area (Å²) in [5.41, 5.74) is 3.48. The normalized spacial score (nSPS) is 12.3. The zero-order valence-electron chi connectivity index (χ0n) is 12.1. The molecule has 0 saturated heterocycles. The number of hydrogen-bond donors (Lipinski definition) is 2. The van der Waals surface area contributed by atoms with E-state index in [1.807, 2.05) is 56.3 Å². The van der Waals surface area contributed by atoms with E-state index >= 15 is 0 Å². The standard InChI is InChI=1S/C17H17N3O/c1-11(13-6-4-3-5-7-13)18-17(21)14-8-9-15-16(10-14)20-12(2)19-15/h3-11H,1-2H3,(H,18,21)(H,19,20). The molecule has 1 aromatic heterocycles. The van der Waals surface area contributed by atoms with Gasteiger partial charge in [0.25, 0.3) is 5.91 Å². The third-order valence-electron chi connectivity index (χ3n) is 3.51. The minimum absolute atomic E-state index is 0.0297. The number of carbonyl (C=O) groups is 1. The Labute approximate surface area is 123 Å². The van der Waals surface area contributed by atoms with Crippen molar-refractivity contribution in [2.75, 3.05) is 0 Å². The van der Waals surface area contributed by atoms with Crippen molar-refractivity contribution >= 4 is 16.9 Å². The van der Waals surface area contributed by atoms with Crippen LogP contribution in [0.25, 0.3) is 11.0 Å². The van der Waals surface area contributed by atoms with Gasteiger partial charge >= 0.3 is 0 Å². The first-order valence-corrected chi connectivity index (χ1v) is 6.95. The number of carbonyl (C=O) groups excluding carboxylic acids is 1. The Balaban J connectivity index is 1.80. The van der Waals surface area contributed by atoms with Crippen LogP contribution in [-0.2, 0) is 0 Å². The van der Waals surface area contributed by atoms with Gasteiger partial charge in [0.15, 0.2) is 0 Å². The number of fused-ring (bicyclic) bond motifs is 1. The fraction of sp³-hybridized carbons (Fsp3) is 0.176. The van der Waals surface area contributed by atoms with E-state index in [2.05, 4.69) is 15.3 Å². The first-order chi connectivity index (χ1) is 10.1. The van der Waals surface area contributed by atoms with Gasteiger partial charge in [-0.3, -0.25) is 4.79 Å². The molecule has 3 aromatic rings. The summed E-state index contributed by atoms with van der Waals surface area (Å²) in [6, 6.07) is 15.4. The van der Waals surface area contributed by atoms with Crippen molar-refractivity contribution in [3.8, 4) is 0 Å². The van der Waals surface area contributed by atoms with Gasteiger partial charge in [0.2, 0.25) is 0 Å². The second-order valence-electron chi connectivity index (χ2n) is 5.16. The maximum Gasteiger partial charge on any atom is 0.251 e. The fourth-order valence-corrected chi connectivity index (χ4v) is 2.38. The van der Waals surface area contributed by atoms with E-state index in [9.17, 15) is 4.79 Å². The number of aromatic nitrogens is 2. The van der Waals surface area contributed by atoms with Gasteiger partial charge in [0.05, 0.1) is 17.1 Å². The topological polar surface area (TPSA) is 57.8 Å². The summed E-state index contributed by atoms with van der Waals surface area (Å²) in [6.07, 6.45) is 0. The number of nitrogens with zero attached hydrogens (tertiary/aromatic N) is 1. The summed E-state index contributed by atoms with van der Waals surface area (Å²) in [4.78, 5) is 19.8. The lowest BCUT2D eigenvalue weighted by Gasteiger charge is -2.14. The molecule has 2 N–H and O–H groups in total. The monoisotopic (exact) mass is 279 g/mol. The van der Waals surface area contributed by atoms with Crippen molar-refractivity contribution in [2.24, 2.45) is 0 Å². The highest BCUT2D eigenvalue weighted by molar-refractivity contribution is 5.97. The minimum atomic E-state index is -0.0829. The number of aromatic amines is 1. The summed E-state index contributed by atoms with van der Waals surface area (Å²) in [5.74, 6) is 0.765. The highest BCUT2D eigenvalue weighted by atomic mass is 16.1. The summed E-state index contributed by atoms with van der Waals surface area (Å²) in [7, 11) is 0. The van der Waals surface area contributed by atoms with E-state index in [1.165, 1.54) is 0 Å². The molecule has 1 amide bonds. The smallest absolute Gasteiger partial charge is 0.251 e. The number of amides is 1. The molecule has 4 nitrogen and oxygen atoms in total. The Bertz CT molecular complexity index is 777. The molecule has 0 spiro atoms. The fourth-order valence-electron chi connectivity index (χ4n) is 2.38. The van der Waals surface area contributed by atoms with Crippen LogP contribution in [0.4, 0.5) is 0 Å². The average molecular weight is 279 g/mol. The zero-order valence-corrected chi connectivity index (χ0v) is 12.1. The maximum absolute atomic E-state index is 12.3. The minimum Gasteiger partial charge on any atom is -0.346 e. The summed E-state index contributed by atoms with van der Waals surface area (Å²) in [5, 5.41) is 3.01. The third-order valence-corrected chi connectivity index (χ3v) is 3.51. The number of rotatable bonds is 3. The van der Waals surface area contributed by atoms with Crippen molar-refractivity contribution < 1.29 is 4.79 Å². The first-order valence-electron chi connectivity index (χ1n) is 6.95. The van der Waals surface area contributed by atoms with Gasteiger partial charge in [-0.25, -0.2) is 4.98 Å². The van der Waals surface area contributed by atoms with Gasteiger partial charge in [-0.2, -0.15) is 0 Å². The molecule has 2 aromatic carbocycles. The molecule has 0 radical (unpaired) electrons. The van der Waals surface area contributed by atoms with E-state index in [-0.39, 0.29) is 11.9 Å². The van der Waals surface area contributed by atoms with Crippen molar-refractivity contribution in [2.45, 2.75) is 19.9 Å². The molecule has 0 aliphatic carbocycles. The highest BCUT2D eigenvalue weighted by Crippen LogP contribution is 2.16. The van der Waals surface area contributed by atoms with Crippen LogP contribution in [0.3, 0.4) is 0 Å². The van der Waals surface area contributed by atoms with E-state index < -0.39 is 0 Å². The van der Waals surface area contributed by atoms with E-state index in [0.29, 0.717) is 5.56 Å². The molecular weight excluding hydrogens is 262 g/mol. The Kier molecular flexibility index (Phi) is 3.44. The molecule has 1 atom stereocenters. The van der Waals surface area contributed by atoms with Crippen molar-refractivity contribution in [3.63, 3.8) is 0 Å².